The quantitative estimate of drug-likeness (QED) is 0.881. The monoisotopic (exact) mass is 249 g/mol. The molecule has 5 nitrogen and oxygen atoms in total. The Morgan fingerprint density at radius 1 is 1.44 bits per heavy atom. The molecule has 1 aliphatic rings. The number of nitrogens with zero attached hydrogens (tertiary/aromatic N) is 1. The van der Waals surface area contributed by atoms with Gasteiger partial charge in [-0.2, -0.15) is 0 Å². The molecule has 0 bridgehead atoms. The van der Waals surface area contributed by atoms with Gasteiger partial charge in [-0.3, -0.25) is 4.57 Å². The normalized spacial score (nSPS) is 21.5. The minimum atomic E-state index is -0.578. The van der Waals surface area contributed by atoms with E-state index in [-0.39, 0.29) is 12.5 Å². The first-order chi connectivity index (χ1) is 8.75. The van der Waals surface area contributed by atoms with Crippen molar-refractivity contribution in [1.29, 1.82) is 0 Å². The molecule has 0 saturated carbocycles. The average Bonchev–Trinajstić information content (AvgIpc) is 2.98. The van der Waals surface area contributed by atoms with Crippen LogP contribution in [0.2, 0.25) is 0 Å². The van der Waals surface area contributed by atoms with E-state index in [4.69, 9.17) is 9.15 Å². The Labute approximate surface area is 104 Å². The van der Waals surface area contributed by atoms with E-state index in [1.807, 2.05) is 18.2 Å². The van der Waals surface area contributed by atoms with E-state index in [0.717, 1.165) is 11.9 Å². The minimum absolute atomic E-state index is 0.102. The number of aliphatic hydroxyl groups is 1. The molecule has 5 heteroatoms. The van der Waals surface area contributed by atoms with Crippen LogP contribution < -0.4 is 5.76 Å². The van der Waals surface area contributed by atoms with Crippen LogP contribution in [-0.2, 0) is 11.3 Å². The Hall–Kier alpha value is -1.59. The fraction of sp³-hybridized carbons (Fsp3) is 0.462. The average molecular weight is 249 g/mol. The van der Waals surface area contributed by atoms with Crippen LogP contribution in [0.5, 0.6) is 0 Å². The fourth-order valence-electron chi connectivity index (χ4n) is 2.38. The highest BCUT2D eigenvalue weighted by molar-refractivity contribution is 5.72. The molecule has 2 heterocycles. The van der Waals surface area contributed by atoms with Gasteiger partial charge in [0.2, 0.25) is 0 Å². The molecule has 0 radical (unpaired) electrons. The number of oxazole rings is 1. The topological polar surface area (TPSA) is 64.6 Å². The summed E-state index contributed by atoms with van der Waals surface area (Å²) in [7, 11) is 0. The number of hydrogen-bond donors (Lipinski definition) is 1. The number of ether oxygens (including phenoxy) is 1. The molecule has 0 aliphatic carbocycles. The van der Waals surface area contributed by atoms with Gasteiger partial charge < -0.3 is 14.3 Å². The van der Waals surface area contributed by atoms with Gasteiger partial charge in [0.15, 0.2) is 5.58 Å². The highest BCUT2D eigenvalue weighted by atomic mass is 16.5. The Kier molecular flexibility index (Phi) is 2.93. The standard InChI is InChI=1S/C13H15NO4/c15-11(9-5-6-17-8-9)7-14-10-3-1-2-4-12(10)18-13(14)16/h1-4,9,11,15H,5-8H2. The van der Waals surface area contributed by atoms with Crippen molar-refractivity contribution in [2.75, 3.05) is 13.2 Å². The lowest BCUT2D eigenvalue weighted by molar-refractivity contribution is 0.0770. The van der Waals surface area contributed by atoms with Crippen molar-refractivity contribution in [3.05, 3.63) is 34.8 Å². The first-order valence-corrected chi connectivity index (χ1v) is 6.10. The number of para-hydroxylation sites is 2. The van der Waals surface area contributed by atoms with Gasteiger partial charge in [-0.05, 0) is 18.6 Å². The summed E-state index contributed by atoms with van der Waals surface area (Å²) in [6.07, 6.45) is 0.261. The van der Waals surface area contributed by atoms with E-state index in [0.29, 0.717) is 18.8 Å². The second-order valence-electron chi connectivity index (χ2n) is 4.64. The maximum Gasteiger partial charge on any atom is 0.420 e. The molecule has 96 valence electrons. The summed E-state index contributed by atoms with van der Waals surface area (Å²) in [6.45, 7) is 1.50. The van der Waals surface area contributed by atoms with Crippen molar-refractivity contribution in [3.63, 3.8) is 0 Å². The third-order valence-corrected chi connectivity index (χ3v) is 3.45. The predicted molar refractivity (Wildman–Crippen MR) is 65.4 cm³/mol. The van der Waals surface area contributed by atoms with Gasteiger partial charge >= 0.3 is 5.76 Å². The van der Waals surface area contributed by atoms with Crippen molar-refractivity contribution in [1.82, 2.24) is 4.57 Å². The van der Waals surface area contributed by atoms with Crippen LogP contribution in [0.15, 0.2) is 33.5 Å². The van der Waals surface area contributed by atoms with Crippen molar-refractivity contribution in [2.45, 2.75) is 19.1 Å². The molecule has 0 spiro atoms. The van der Waals surface area contributed by atoms with Gasteiger partial charge in [0, 0.05) is 12.5 Å². The predicted octanol–water partition coefficient (Wildman–Crippen LogP) is 0.992. The Bertz CT molecular complexity index is 594. The van der Waals surface area contributed by atoms with E-state index in [1.54, 1.807) is 6.07 Å². The highest BCUT2D eigenvalue weighted by Gasteiger charge is 2.25. The van der Waals surface area contributed by atoms with E-state index in [1.165, 1.54) is 4.57 Å². The molecule has 1 aliphatic heterocycles. The second kappa shape index (κ2) is 4.59. The lowest BCUT2D eigenvalue weighted by Gasteiger charge is -2.16. The van der Waals surface area contributed by atoms with E-state index in [9.17, 15) is 9.90 Å². The molecule has 1 N–H and O–H groups in total. The summed E-state index contributed by atoms with van der Waals surface area (Å²) < 4.78 is 11.9. The molecule has 2 aromatic rings. The molecule has 2 atom stereocenters. The van der Waals surface area contributed by atoms with Crippen LogP contribution in [0, 0.1) is 5.92 Å². The molecule has 1 aromatic heterocycles. The molecule has 1 fully saturated rings. The van der Waals surface area contributed by atoms with Crippen molar-refractivity contribution >= 4 is 11.1 Å². The van der Waals surface area contributed by atoms with E-state index < -0.39 is 11.9 Å². The summed E-state index contributed by atoms with van der Waals surface area (Å²) in [4.78, 5) is 11.7. The van der Waals surface area contributed by atoms with Gasteiger partial charge in [0.05, 0.1) is 24.8 Å². The minimum Gasteiger partial charge on any atom is -0.408 e. The molecular formula is C13H15NO4. The number of aromatic nitrogens is 1. The maximum atomic E-state index is 11.7. The lowest BCUT2D eigenvalue weighted by Crippen LogP contribution is -2.29. The van der Waals surface area contributed by atoms with Gasteiger partial charge in [-0.1, -0.05) is 12.1 Å². The number of hydrogen-bond acceptors (Lipinski definition) is 4. The molecular weight excluding hydrogens is 234 g/mol. The van der Waals surface area contributed by atoms with Crippen LogP contribution >= 0.6 is 0 Å². The maximum absolute atomic E-state index is 11.7. The molecule has 0 amide bonds. The van der Waals surface area contributed by atoms with Crippen LogP contribution in [0.4, 0.5) is 0 Å². The number of rotatable bonds is 3. The Balaban J connectivity index is 1.89. The molecule has 3 rings (SSSR count). The summed E-state index contributed by atoms with van der Waals surface area (Å²) in [5, 5.41) is 10.1. The van der Waals surface area contributed by atoms with Crippen LogP contribution in [-0.4, -0.2) is 29.0 Å². The molecule has 2 unspecified atom stereocenters. The van der Waals surface area contributed by atoms with Crippen LogP contribution in [0.3, 0.4) is 0 Å². The van der Waals surface area contributed by atoms with Gasteiger partial charge in [0.25, 0.3) is 0 Å². The molecule has 1 saturated heterocycles. The van der Waals surface area contributed by atoms with Crippen LogP contribution in [0.1, 0.15) is 6.42 Å². The Morgan fingerprint density at radius 3 is 3.06 bits per heavy atom. The Morgan fingerprint density at radius 2 is 2.28 bits per heavy atom. The third kappa shape index (κ3) is 1.95. The van der Waals surface area contributed by atoms with Crippen LogP contribution in [0.25, 0.3) is 11.1 Å². The van der Waals surface area contributed by atoms with Gasteiger partial charge in [-0.25, -0.2) is 4.79 Å². The SMILES string of the molecule is O=c1oc2ccccc2n1CC(O)C1CCOC1. The summed E-state index contributed by atoms with van der Waals surface area (Å²) >= 11 is 0. The first kappa shape index (κ1) is 11.5. The first-order valence-electron chi connectivity index (χ1n) is 6.10. The smallest absolute Gasteiger partial charge is 0.408 e. The van der Waals surface area contributed by atoms with E-state index in [2.05, 4.69) is 0 Å². The van der Waals surface area contributed by atoms with E-state index >= 15 is 0 Å². The highest BCUT2D eigenvalue weighted by Crippen LogP contribution is 2.19. The largest absolute Gasteiger partial charge is 0.420 e. The van der Waals surface area contributed by atoms with Gasteiger partial charge in [-0.15, -0.1) is 0 Å². The zero-order valence-corrected chi connectivity index (χ0v) is 9.91. The molecule has 1 aromatic carbocycles. The molecule has 18 heavy (non-hydrogen) atoms. The number of benzene rings is 1. The van der Waals surface area contributed by atoms with Crippen molar-refractivity contribution in [3.8, 4) is 0 Å². The van der Waals surface area contributed by atoms with Crippen molar-refractivity contribution in [2.24, 2.45) is 5.92 Å². The summed E-state index contributed by atoms with van der Waals surface area (Å²) in [6, 6.07) is 7.23. The number of aliphatic hydroxyl groups excluding tert-OH is 1. The lowest BCUT2D eigenvalue weighted by atomic mass is 10.0. The number of fused-ring (bicyclic) bond motifs is 1. The summed E-state index contributed by atoms with van der Waals surface area (Å²) in [5.74, 6) is -0.320. The third-order valence-electron chi connectivity index (χ3n) is 3.45. The van der Waals surface area contributed by atoms with Crippen molar-refractivity contribution < 1.29 is 14.3 Å². The van der Waals surface area contributed by atoms with Gasteiger partial charge in [0.1, 0.15) is 0 Å². The summed E-state index contributed by atoms with van der Waals surface area (Å²) in [5.41, 5.74) is 1.28. The fourth-order valence-corrected chi connectivity index (χ4v) is 2.38. The zero-order chi connectivity index (χ0) is 12.5. The zero-order valence-electron chi connectivity index (χ0n) is 9.91. The second-order valence-corrected chi connectivity index (χ2v) is 4.64.